The van der Waals surface area contributed by atoms with Gasteiger partial charge in [-0.3, -0.25) is 4.79 Å². The third kappa shape index (κ3) is 3.91. The van der Waals surface area contributed by atoms with Gasteiger partial charge < -0.3 is 9.64 Å². The largest absolute Gasteiger partial charge is 0.449 e. The van der Waals surface area contributed by atoms with Crippen LogP contribution < -0.4 is 4.90 Å². The number of para-hydroxylation sites is 1. The second-order valence-electron chi connectivity index (χ2n) is 6.85. The molecule has 28 heavy (non-hydrogen) atoms. The average molecular weight is 422 g/mol. The van der Waals surface area contributed by atoms with Crippen molar-refractivity contribution >= 4 is 39.0 Å². The minimum atomic E-state index is -3.52. The molecule has 0 unspecified atom stereocenters. The van der Waals surface area contributed by atoms with Crippen LogP contribution in [0, 0.1) is 0 Å². The molecule has 0 spiro atoms. The zero-order chi connectivity index (χ0) is 20.6. The van der Waals surface area contributed by atoms with Crippen LogP contribution in [0.3, 0.4) is 0 Å². The quantitative estimate of drug-likeness (QED) is 0.708. The van der Waals surface area contributed by atoms with Crippen molar-refractivity contribution in [3.8, 4) is 0 Å². The van der Waals surface area contributed by atoms with E-state index in [1.807, 2.05) is 31.2 Å². The number of nitrogens with zero attached hydrogens (tertiary/aromatic N) is 1. The van der Waals surface area contributed by atoms with E-state index >= 15 is 0 Å². The van der Waals surface area contributed by atoms with E-state index in [0.29, 0.717) is 0 Å². The third-order valence-corrected chi connectivity index (χ3v) is 6.10. The van der Waals surface area contributed by atoms with E-state index in [1.54, 1.807) is 4.90 Å². The monoisotopic (exact) mass is 421 g/mol. The molecule has 0 saturated carbocycles. The summed E-state index contributed by atoms with van der Waals surface area (Å²) in [6, 6.07) is 11.3. The number of carbonyl (C=O) groups is 2. The van der Waals surface area contributed by atoms with Gasteiger partial charge in [0.05, 0.1) is 15.5 Å². The maximum absolute atomic E-state index is 12.9. The highest BCUT2D eigenvalue weighted by molar-refractivity contribution is 7.90. The Labute approximate surface area is 169 Å². The second-order valence-corrected chi connectivity index (χ2v) is 9.27. The van der Waals surface area contributed by atoms with Crippen LogP contribution in [0.4, 0.5) is 5.69 Å². The first-order valence-corrected chi connectivity index (χ1v) is 11.0. The lowest BCUT2D eigenvalue weighted by Gasteiger charge is -2.26. The first-order valence-electron chi connectivity index (χ1n) is 8.71. The van der Waals surface area contributed by atoms with E-state index < -0.39 is 21.9 Å². The number of benzene rings is 2. The van der Waals surface area contributed by atoms with Crippen LogP contribution in [0.25, 0.3) is 0 Å². The maximum atomic E-state index is 12.9. The molecule has 8 heteroatoms. The van der Waals surface area contributed by atoms with Crippen molar-refractivity contribution in [2.75, 3.05) is 11.2 Å². The predicted octanol–water partition coefficient (Wildman–Crippen LogP) is 3.27. The number of hydrogen-bond donors (Lipinski definition) is 0. The Morgan fingerprint density at radius 3 is 2.57 bits per heavy atom. The molecule has 0 aliphatic carbocycles. The fourth-order valence-electron chi connectivity index (χ4n) is 3.26. The molecule has 2 atom stereocenters. The normalized spacial score (nSPS) is 17.1. The molecule has 148 valence electrons. The molecule has 0 saturated heterocycles. The van der Waals surface area contributed by atoms with Gasteiger partial charge in [-0.15, -0.1) is 0 Å². The summed E-state index contributed by atoms with van der Waals surface area (Å²) in [6.45, 7) is 3.42. The van der Waals surface area contributed by atoms with E-state index in [0.717, 1.165) is 30.0 Å². The SMILES string of the molecule is C[C@@H](OC(=O)c1cc(S(C)(=O)=O)ccc1Cl)C(=O)N1c2ccccc2C[C@@H]1C. The lowest BCUT2D eigenvalue weighted by Crippen LogP contribution is -2.43. The third-order valence-electron chi connectivity index (χ3n) is 4.66. The number of sulfone groups is 1. The fraction of sp³-hybridized carbons (Fsp3) is 0.300. The molecule has 6 nitrogen and oxygen atoms in total. The van der Waals surface area contributed by atoms with Gasteiger partial charge >= 0.3 is 5.97 Å². The number of amides is 1. The highest BCUT2D eigenvalue weighted by atomic mass is 35.5. The van der Waals surface area contributed by atoms with Crippen LogP contribution in [-0.2, 0) is 25.8 Å². The lowest BCUT2D eigenvalue weighted by atomic mass is 10.1. The summed E-state index contributed by atoms with van der Waals surface area (Å²) in [6.07, 6.45) is 0.702. The van der Waals surface area contributed by atoms with Gasteiger partial charge in [-0.25, -0.2) is 13.2 Å². The van der Waals surface area contributed by atoms with Crippen molar-refractivity contribution in [1.29, 1.82) is 0 Å². The molecule has 0 N–H and O–H groups in total. The van der Waals surface area contributed by atoms with Crippen LogP contribution in [0.1, 0.15) is 29.8 Å². The Bertz CT molecular complexity index is 1050. The molecule has 0 fully saturated rings. The van der Waals surface area contributed by atoms with Crippen LogP contribution >= 0.6 is 11.6 Å². The van der Waals surface area contributed by atoms with E-state index in [2.05, 4.69) is 0 Å². The van der Waals surface area contributed by atoms with Crippen molar-refractivity contribution in [2.24, 2.45) is 0 Å². The molecule has 3 rings (SSSR count). The van der Waals surface area contributed by atoms with Crippen LogP contribution in [0.2, 0.25) is 5.02 Å². The Hall–Kier alpha value is -2.38. The molecule has 0 bridgehead atoms. The van der Waals surface area contributed by atoms with Gasteiger partial charge in [0.2, 0.25) is 0 Å². The lowest BCUT2D eigenvalue weighted by molar-refractivity contribution is -0.126. The number of fused-ring (bicyclic) bond motifs is 1. The van der Waals surface area contributed by atoms with Gasteiger partial charge in [0, 0.05) is 18.0 Å². The van der Waals surface area contributed by atoms with Crippen molar-refractivity contribution in [2.45, 2.75) is 37.3 Å². The first-order chi connectivity index (χ1) is 13.1. The number of anilines is 1. The Morgan fingerprint density at radius 2 is 1.89 bits per heavy atom. The van der Waals surface area contributed by atoms with Gasteiger partial charge in [0.15, 0.2) is 15.9 Å². The maximum Gasteiger partial charge on any atom is 0.340 e. The molecule has 1 heterocycles. The number of esters is 1. The predicted molar refractivity (Wildman–Crippen MR) is 107 cm³/mol. The molecule has 1 aliphatic rings. The van der Waals surface area contributed by atoms with Crippen molar-refractivity contribution in [3.05, 3.63) is 58.6 Å². The van der Waals surface area contributed by atoms with Crippen molar-refractivity contribution < 1.29 is 22.7 Å². The highest BCUT2D eigenvalue weighted by Gasteiger charge is 2.34. The molecular weight excluding hydrogens is 402 g/mol. The smallest absolute Gasteiger partial charge is 0.340 e. The van der Waals surface area contributed by atoms with Gasteiger partial charge in [0.1, 0.15) is 0 Å². The van der Waals surface area contributed by atoms with Crippen molar-refractivity contribution in [3.63, 3.8) is 0 Å². The molecule has 1 aliphatic heterocycles. The Morgan fingerprint density at radius 1 is 1.21 bits per heavy atom. The van der Waals surface area contributed by atoms with Gasteiger partial charge in [-0.1, -0.05) is 29.8 Å². The number of ether oxygens (including phenoxy) is 1. The van der Waals surface area contributed by atoms with Crippen LogP contribution in [0.15, 0.2) is 47.4 Å². The zero-order valence-corrected chi connectivity index (χ0v) is 17.3. The summed E-state index contributed by atoms with van der Waals surface area (Å²) in [5.41, 5.74) is 1.77. The second kappa shape index (κ2) is 7.56. The molecule has 1 amide bonds. The molecule has 0 aromatic heterocycles. The zero-order valence-electron chi connectivity index (χ0n) is 15.7. The summed E-state index contributed by atoms with van der Waals surface area (Å²) >= 11 is 6.03. The minimum Gasteiger partial charge on any atom is -0.449 e. The fourth-order valence-corrected chi connectivity index (χ4v) is 4.10. The van der Waals surface area contributed by atoms with Crippen LogP contribution in [0.5, 0.6) is 0 Å². The first kappa shape index (κ1) is 20.4. The number of halogens is 1. The molecular formula is C20H20ClNO5S. The summed E-state index contributed by atoms with van der Waals surface area (Å²) in [5.74, 6) is -1.20. The van der Waals surface area contributed by atoms with Gasteiger partial charge in [-0.05, 0) is 50.1 Å². The van der Waals surface area contributed by atoms with E-state index in [1.165, 1.54) is 19.1 Å². The average Bonchev–Trinajstić information content (AvgIpc) is 2.95. The Kier molecular flexibility index (Phi) is 5.50. The minimum absolute atomic E-state index is 0.0510. The summed E-state index contributed by atoms with van der Waals surface area (Å²) < 4.78 is 28.8. The van der Waals surface area contributed by atoms with Gasteiger partial charge in [0.25, 0.3) is 5.91 Å². The number of carbonyl (C=O) groups excluding carboxylic acids is 2. The molecule has 2 aromatic rings. The van der Waals surface area contributed by atoms with E-state index in [9.17, 15) is 18.0 Å². The summed E-state index contributed by atoms with van der Waals surface area (Å²) in [5, 5.41) is 0.0527. The topological polar surface area (TPSA) is 80.8 Å². The standard InChI is InChI=1S/C20H20ClNO5S/c1-12-10-14-6-4-5-7-18(14)22(12)19(23)13(2)27-20(24)16-11-15(28(3,25)26)8-9-17(16)21/h4-9,11-13H,10H2,1-3H3/t12-,13+/m0/s1. The molecule has 0 radical (unpaired) electrons. The highest BCUT2D eigenvalue weighted by Crippen LogP contribution is 2.32. The van der Waals surface area contributed by atoms with Crippen LogP contribution in [-0.4, -0.2) is 38.7 Å². The summed E-state index contributed by atoms with van der Waals surface area (Å²) in [4.78, 5) is 27.0. The summed E-state index contributed by atoms with van der Waals surface area (Å²) in [7, 11) is -3.52. The van der Waals surface area contributed by atoms with E-state index in [4.69, 9.17) is 16.3 Å². The number of hydrogen-bond acceptors (Lipinski definition) is 5. The van der Waals surface area contributed by atoms with Crippen molar-refractivity contribution in [1.82, 2.24) is 0 Å². The molecule has 2 aromatic carbocycles. The number of rotatable bonds is 4. The van der Waals surface area contributed by atoms with Gasteiger partial charge in [-0.2, -0.15) is 0 Å². The van der Waals surface area contributed by atoms with E-state index in [-0.39, 0.29) is 27.4 Å². The Balaban J connectivity index is 1.81.